The smallest absolute Gasteiger partial charge is 0.255 e. The Morgan fingerprint density at radius 1 is 1.62 bits per heavy atom. The number of likely N-dealkylation sites (N-methyl/N-ethyl adjacent to an activating group) is 1. The van der Waals surface area contributed by atoms with Gasteiger partial charge in [-0.05, 0) is 14.0 Å². The molecule has 0 spiro atoms. The van der Waals surface area contributed by atoms with Crippen molar-refractivity contribution in [3.05, 3.63) is 11.7 Å². The zero-order valence-electron chi connectivity index (χ0n) is 8.20. The first-order valence-corrected chi connectivity index (χ1v) is 4.27. The van der Waals surface area contributed by atoms with E-state index in [1.165, 1.54) is 0 Å². The number of hydrogen-bond donors (Lipinski definition) is 1. The van der Waals surface area contributed by atoms with Gasteiger partial charge >= 0.3 is 0 Å². The zero-order valence-corrected chi connectivity index (χ0v) is 8.20. The van der Waals surface area contributed by atoms with E-state index in [1.807, 2.05) is 14.0 Å². The number of nitrogens with one attached hydrogen (secondary N) is 1. The molecule has 1 heterocycles. The summed E-state index contributed by atoms with van der Waals surface area (Å²) in [6.07, 6.45) is 0.645. The van der Waals surface area contributed by atoms with Crippen molar-refractivity contribution in [2.24, 2.45) is 0 Å². The Balaban J connectivity index is 2.53. The first-order chi connectivity index (χ1) is 6.27. The fourth-order valence-electron chi connectivity index (χ4n) is 0.872. The summed E-state index contributed by atoms with van der Waals surface area (Å²) in [4.78, 5) is 4.18. The van der Waals surface area contributed by atoms with Crippen LogP contribution < -0.4 is 5.32 Å². The van der Waals surface area contributed by atoms with Crippen LogP contribution in [0.4, 0.5) is 0 Å². The van der Waals surface area contributed by atoms with Gasteiger partial charge in [0.2, 0.25) is 0 Å². The molecule has 13 heavy (non-hydrogen) atoms. The Hall–Kier alpha value is -0.940. The monoisotopic (exact) mass is 185 g/mol. The fraction of sp³-hybridized carbons (Fsp3) is 0.750. The van der Waals surface area contributed by atoms with Crippen LogP contribution in [0.3, 0.4) is 0 Å². The molecule has 5 nitrogen and oxygen atoms in total. The van der Waals surface area contributed by atoms with Gasteiger partial charge in [-0.1, -0.05) is 5.16 Å². The van der Waals surface area contributed by atoms with Crippen LogP contribution >= 0.6 is 0 Å². The molecule has 74 valence electrons. The van der Waals surface area contributed by atoms with Crippen LogP contribution in [0.2, 0.25) is 0 Å². The largest absolute Gasteiger partial charge is 0.372 e. The second-order valence-electron chi connectivity index (χ2n) is 2.78. The lowest BCUT2D eigenvalue weighted by Crippen LogP contribution is -2.11. The Bertz CT molecular complexity index is 249. The van der Waals surface area contributed by atoms with E-state index in [2.05, 4.69) is 15.5 Å². The third-order valence-corrected chi connectivity index (χ3v) is 1.78. The maximum Gasteiger partial charge on any atom is 0.255 e. The highest BCUT2D eigenvalue weighted by molar-refractivity contribution is 4.89. The second kappa shape index (κ2) is 4.94. The van der Waals surface area contributed by atoms with Gasteiger partial charge in [0.15, 0.2) is 5.82 Å². The van der Waals surface area contributed by atoms with Crippen LogP contribution in [-0.2, 0) is 11.2 Å². The zero-order chi connectivity index (χ0) is 9.68. The minimum atomic E-state index is -0.129. The van der Waals surface area contributed by atoms with Gasteiger partial charge in [-0.2, -0.15) is 4.98 Å². The van der Waals surface area contributed by atoms with Gasteiger partial charge < -0.3 is 14.6 Å². The van der Waals surface area contributed by atoms with Crippen molar-refractivity contribution in [1.82, 2.24) is 15.5 Å². The molecule has 1 N–H and O–H groups in total. The SMILES string of the molecule is CNCCc1noc(C(C)OC)n1. The normalized spacial score (nSPS) is 13.2. The predicted octanol–water partition coefficient (Wildman–Crippen LogP) is 0.539. The third-order valence-electron chi connectivity index (χ3n) is 1.78. The molecule has 0 aromatic carbocycles. The molecule has 0 radical (unpaired) electrons. The van der Waals surface area contributed by atoms with Crippen LogP contribution in [0.25, 0.3) is 0 Å². The molecule has 1 aromatic heterocycles. The van der Waals surface area contributed by atoms with Crippen LogP contribution in [0.15, 0.2) is 4.52 Å². The molecule has 0 amide bonds. The Kier molecular flexibility index (Phi) is 3.85. The summed E-state index contributed by atoms with van der Waals surface area (Å²) in [5.41, 5.74) is 0. The van der Waals surface area contributed by atoms with Crippen LogP contribution in [0.1, 0.15) is 24.7 Å². The molecule has 0 fully saturated rings. The van der Waals surface area contributed by atoms with E-state index in [-0.39, 0.29) is 6.10 Å². The standard InChI is InChI=1S/C8H15N3O2/c1-6(12-3)8-10-7(11-13-8)4-5-9-2/h6,9H,4-5H2,1-3H3. The molecule has 5 heteroatoms. The fourth-order valence-corrected chi connectivity index (χ4v) is 0.872. The van der Waals surface area contributed by atoms with Crippen LogP contribution in [-0.4, -0.2) is 30.8 Å². The van der Waals surface area contributed by atoms with Gasteiger partial charge in [-0.3, -0.25) is 0 Å². The average Bonchev–Trinajstić information content (AvgIpc) is 2.62. The summed E-state index contributed by atoms with van der Waals surface area (Å²) in [6.45, 7) is 2.72. The Morgan fingerprint density at radius 2 is 2.38 bits per heavy atom. The van der Waals surface area contributed by atoms with E-state index in [0.717, 1.165) is 13.0 Å². The van der Waals surface area contributed by atoms with Crippen molar-refractivity contribution < 1.29 is 9.26 Å². The highest BCUT2D eigenvalue weighted by Crippen LogP contribution is 2.12. The van der Waals surface area contributed by atoms with Gasteiger partial charge in [0, 0.05) is 20.1 Å². The number of aromatic nitrogens is 2. The van der Waals surface area contributed by atoms with Crippen molar-refractivity contribution in [3.63, 3.8) is 0 Å². The number of rotatable bonds is 5. The molecule has 1 rings (SSSR count). The summed E-state index contributed by atoms with van der Waals surface area (Å²) >= 11 is 0. The lowest BCUT2D eigenvalue weighted by atomic mass is 10.4. The van der Waals surface area contributed by atoms with Crippen molar-refractivity contribution >= 4 is 0 Å². The van der Waals surface area contributed by atoms with Gasteiger partial charge in [-0.15, -0.1) is 0 Å². The highest BCUT2D eigenvalue weighted by Gasteiger charge is 2.12. The highest BCUT2D eigenvalue weighted by atomic mass is 16.5. The van der Waals surface area contributed by atoms with Crippen molar-refractivity contribution in [3.8, 4) is 0 Å². The molecule has 1 unspecified atom stereocenters. The van der Waals surface area contributed by atoms with E-state index in [0.29, 0.717) is 11.7 Å². The first-order valence-electron chi connectivity index (χ1n) is 4.27. The van der Waals surface area contributed by atoms with Crippen molar-refractivity contribution in [2.45, 2.75) is 19.4 Å². The molecule has 0 aliphatic rings. The topological polar surface area (TPSA) is 60.2 Å². The van der Waals surface area contributed by atoms with Gasteiger partial charge in [0.25, 0.3) is 5.89 Å². The average molecular weight is 185 g/mol. The van der Waals surface area contributed by atoms with Gasteiger partial charge in [-0.25, -0.2) is 0 Å². The molecule has 1 aromatic rings. The van der Waals surface area contributed by atoms with Gasteiger partial charge in [0.05, 0.1) is 0 Å². The summed E-state index contributed by atoms with van der Waals surface area (Å²) in [7, 11) is 3.50. The van der Waals surface area contributed by atoms with Crippen molar-refractivity contribution in [1.29, 1.82) is 0 Å². The third kappa shape index (κ3) is 2.78. The van der Waals surface area contributed by atoms with E-state index in [1.54, 1.807) is 7.11 Å². The van der Waals surface area contributed by atoms with Crippen molar-refractivity contribution in [2.75, 3.05) is 20.7 Å². The summed E-state index contributed by atoms with van der Waals surface area (Å²) < 4.78 is 10.0. The molecule has 0 saturated carbocycles. The minimum absolute atomic E-state index is 0.129. The second-order valence-corrected chi connectivity index (χ2v) is 2.78. The molecule has 0 saturated heterocycles. The van der Waals surface area contributed by atoms with Gasteiger partial charge in [0.1, 0.15) is 6.10 Å². The Labute approximate surface area is 77.5 Å². The summed E-state index contributed by atoms with van der Waals surface area (Å²) in [5.74, 6) is 1.25. The predicted molar refractivity (Wildman–Crippen MR) is 47.4 cm³/mol. The lowest BCUT2D eigenvalue weighted by molar-refractivity contribution is 0.0886. The quantitative estimate of drug-likeness (QED) is 0.725. The number of methoxy groups -OCH3 is 1. The molecule has 0 aliphatic heterocycles. The maximum absolute atomic E-state index is 5.04. The molecular formula is C8H15N3O2. The molecule has 1 atom stereocenters. The molecule has 0 aliphatic carbocycles. The number of hydrogen-bond acceptors (Lipinski definition) is 5. The summed E-state index contributed by atoms with van der Waals surface area (Å²) in [6, 6.07) is 0. The van der Waals surface area contributed by atoms with E-state index >= 15 is 0 Å². The van der Waals surface area contributed by atoms with E-state index in [9.17, 15) is 0 Å². The van der Waals surface area contributed by atoms with Crippen LogP contribution in [0.5, 0.6) is 0 Å². The summed E-state index contributed by atoms with van der Waals surface area (Å²) in [5, 5.41) is 6.83. The minimum Gasteiger partial charge on any atom is -0.372 e. The molecular weight excluding hydrogens is 170 g/mol. The lowest BCUT2D eigenvalue weighted by Gasteiger charge is -2.00. The van der Waals surface area contributed by atoms with E-state index in [4.69, 9.17) is 9.26 Å². The van der Waals surface area contributed by atoms with Crippen LogP contribution in [0, 0.1) is 0 Å². The first kappa shape index (κ1) is 10.1. The number of nitrogens with zero attached hydrogens (tertiary/aromatic N) is 2. The molecule has 0 bridgehead atoms. The maximum atomic E-state index is 5.04. The van der Waals surface area contributed by atoms with E-state index < -0.39 is 0 Å². The number of ether oxygens (including phenoxy) is 1. The Morgan fingerprint density at radius 3 is 3.00 bits per heavy atom.